The Morgan fingerprint density at radius 3 is 2.86 bits per heavy atom. The molecule has 1 amide bonds. The third-order valence-electron chi connectivity index (χ3n) is 4.14. The summed E-state index contributed by atoms with van der Waals surface area (Å²) in [6.07, 6.45) is 6.76. The molecule has 146 valence electrons. The monoisotopic (exact) mass is 379 g/mol. The van der Waals surface area contributed by atoms with Gasteiger partial charge in [-0.2, -0.15) is 4.98 Å². The summed E-state index contributed by atoms with van der Waals surface area (Å²) in [5.41, 5.74) is 6.76. The van der Waals surface area contributed by atoms with E-state index in [0.717, 1.165) is 29.3 Å². The summed E-state index contributed by atoms with van der Waals surface area (Å²) >= 11 is 0. The van der Waals surface area contributed by atoms with Crippen molar-refractivity contribution >= 4 is 34.1 Å². The molecular formula is C20H25N7O. The number of benzene rings is 1. The van der Waals surface area contributed by atoms with Crippen molar-refractivity contribution in [2.45, 2.75) is 19.8 Å². The van der Waals surface area contributed by atoms with E-state index in [4.69, 9.17) is 5.73 Å². The summed E-state index contributed by atoms with van der Waals surface area (Å²) in [5, 5.41) is 11.4. The lowest BCUT2D eigenvalue weighted by Gasteiger charge is -2.13. The first-order valence-corrected chi connectivity index (χ1v) is 9.41. The van der Waals surface area contributed by atoms with Crippen molar-refractivity contribution in [3.05, 3.63) is 48.4 Å². The van der Waals surface area contributed by atoms with Gasteiger partial charge < -0.3 is 21.7 Å². The van der Waals surface area contributed by atoms with Crippen LogP contribution in [0.4, 0.5) is 17.5 Å². The van der Waals surface area contributed by atoms with E-state index in [9.17, 15) is 4.79 Å². The summed E-state index contributed by atoms with van der Waals surface area (Å²) in [7, 11) is 0. The van der Waals surface area contributed by atoms with E-state index in [1.165, 1.54) is 6.20 Å². The molecular weight excluding hydrogens is 354 g/mol. The van der Waals surface area contributed by atoms with Gasteiger partial charge in [0, 0.05) is 42.8 Å². The number of nitrogens with zero attached hydrogens (tertiary/aromatic N) is 3. The molecule has 0 aliphatic carbocycles. The van der Waals surface area contributed by atoms with Gasteiger partial charge in [-0.25, -0.2) is 4.98 Å². The van der Waals surface area contributed by atoms with Crippen LogP contribution >= 0.6 is 0 Å². The van der Waals surface area contributed by atoms with E-state index in [-0.39, 0.29) is 5.91 Å². The standard InChI is InChI=1S/C20H25N7O/c1-2-8-23-18-17(19(28)24-9-3-7-21)13-25-20(27-18)26-16-5-4-15-12-22-10-6-14(15)11-16/h4-6,10-13H,2-3,7-9,21H2,1H3,(H,24,28)(H2,23,25,26,27). The fourth-order valence-corrected chi connectivity index (χ4v) is 2.68. The Balaban J connectivity index is 1.81. The topological polar surface area (TPSA) is 118 Å². The number of anilines is 3. The van der Waals surface area contributed by atoms with Crippen LogP contribution in [0.2, 0.25) is 0 Å². The van der Waals surface area contributed by atoms with Crippen molar-refractivity contribution in [1.29, 1.82) is 0 Å². The minimum Gasteiger partial charge on any atom is -0.369 e. The molecule has 0 atom stereocenters. The number of pyridine rings is 1. The van der Waals surface area contributed by atoms with Gasteiger partial charge in [-0.15, -0.1) is 0 Å². The van der Waals surface area contributed by atoms with Crippen LogP contribution in [0.15, 0.2) is 42.9 Å². The van der Waals surface area contributed by atoms with Gasteiger partial charge in [0.15, 0.2) is 0 Å². The van der Waals surface area contributed by atoms with Crippen LogP contribution < -0.4 is 21.7 Å². The van der Waals surface area contributed by atoms with Gasteiger partial charge in [0.25, 0.3) is 5.91 Å². The Bertz CT molecular complexity index is 945. The molecule has 3 rings (SSSR count). The molecule has 2 heterocycles. The fraction of sp³-hybridized carbons (Fsp3) is 0.300. The molecule has 0 spiro atoms. The number of fused-ring (bicyclic) bond motifs is 1. The molecule has 0 bridgehead atoms. The number of nitrogens with one attached hydrogen (secondary N) is 3. The third kappa shape index (κ3) is 4.92. The van der Waals surface area contributed by atoms with Crippen LogP contribution in [0.3, 0.4) is 0 Å². The van der Waals surface area contributed by atoms with Crippen molar-refractivity contribution in [3.63, 3.8) is 0 Å². The molecule has 8 nitrogen and oxygen atoms in total. The second-order valence-electron chi connectivity index (χ2n) is 6.34. The third-order valence-corrected chi connectivity index (χ3v) is 4.14. The normalized spacial score (nSPS) is 10.6. The first-order valence-electron chi connectivity index (χ1n) is 9.41. The highest BCUT2D eigenvalue weighted by Gasteiger charge is 2.14. The molecule has 28 heavy (non-hydrogen) atoms. The predicted molar refractivity (Wildman–Crippen MR) is 112 cm³/mol. The smallest absolute Gasteiger partial charge is 0.256 e. The van der Waals surface area contributed by atoms with Crippen molar-refractivity contribution in [3.8, 4) is 0 Å². The molecule has 5 N–H and O–H groups in total. The maximum Gasteiger partial charge on any atom is 0.256 e. The van der Waals surface area contributed by atoms with E-state index in [1.807, 2.05) is 30.5 Å². The second-order valence-corrected chi connectivity index (χ2v) is 6.34. The lowest BCUT2D eigenvalue weighted by atomic mass is 10.1. The van der Waals surface area contributed by atoms with E-state index >= 15 is 0 Å². The molecule has 8 heteroatoms. The van der Waals surface area contributed by atoms with Gasteiger partial charge in [-0.05, 0) is 43.0 Å². The maximum atomic E-state index is 12.4. The Labute approximate surface area is 164 Å². The number of carbonyl (C=O) groups excluding carboxylic acids is 1. The van der Waals surface area contributed by atoms with E-state index < -0.39 is 0 Å². The minimum atomic E-state index is -0.211. The van der Waals surface area contributed by atoms with Crippen LogP contribution in [-0.4, -0.2) is 40.5 Å². The fourth-order valence-electron chi connectivity index (χ4n) is 2.68. The van der Waals surface area contributed by atoms with Gasteiger partial charge >= 0.3 is 0 Å². The molecule has 1 aromatic carbocycles. The Kier molecular flexibility index (Phi) is 6.69. The Morgan fingerprint density at radius 2 is 2.04 bits per heavy atom. The van der Waals surface area contributed by atoms with Gasteiger partial charge in [0.05, 0.1) is 0 Å². The quantitative estimate of drug-likeness (QED) is 0.422. The highest BCUT2D eigenvalue weighted by Crippen LogP contribution is 2.21. The van der Waals surface area contributed by atoms with Crippen LogP contribution in [0.25, 0.3) is 10.8 Å². The number of hydrogen-bond acceptors (Lipinski definition) is 7. The van der Waals surface area contributed by atoms with Crippen LogP contribution in [0, 0.1) is 0 Å². The summed E-state index contributed by atoms with van der Waals surface area (Å²) in [6.45, 7) is 3.82. The highest BCUT2D eigenvalue weighted by molar-refractivity contribution is 5.98. The van der Waals surface area contributed by atoms with Gasteiger partial charge in [-0.3, -0.25) is 9.78 Å². The molecule has 0 fully saturated rings. The van der Waals surface area contributed by atoms with Crippen molar-refractivity contribution in [2.24, 2.45) is 5.73 Å². The van der Waals surface area contributed by atoms with Crippen LogP contribution in [0.1, 0.15) is 30.1 Å². The molecule has 2 aromatic heterocycles. The van der Waals surface area contributed by atoms with E-state index in [2.05, 4.69) is 37.8 Å². The number of hydrogen-bond donors (Lipinski definition) is 4. The van der Waals surface area contributed by atoms with Crippen LogP contribution in [0.5, 0.6) is 0 Å². The van der Waals surface area contributed by atoms with Crippen molar-refractivity contribution in [2.75, 3.05) is 30.3 Å². The summed E-state index contributed by atoms with van der Waals surface area (Å²) < 4.78 is 0. The molecule has 3 aromatic rings. The number of amides is 1. The largest absolute Gasteiger partial charge is 0.369 e. The zero-order valence-electron chi connectivity index (χ0n) is 15.9. The van der Waals surface area contributed by atoms with Crippen molar-refractivity contribution in [1.82, 2.24) is 20.3 Å². The molecule has 0 aliphatic rings. The summed E-state index contributed by atoms with van der Waals surface area (Å²) in [6, 6.07) is 7.89. The number of nitrogens with two attached hydrogens (primary N) is 1. The lowest BCUT2D eigenvalue weighted by Crippen LogP contribution is -2.27. The summed E-state index contributed by atoms with van der Waals surface area (Å²) in [5.74, 6) is 0.719. The molecule has 0 aliphatic heterocycles. The SMILES string of the molecule is CCCNc1nc(Nc2ccc3cnccc3c2)ncc1C(=O)NCCCN. The first-order chi connectivity index (χ1) is 13.7. The van der Waals surface area contributed by atoms with Crippen molar-refractivity contribution < 1.29 is 4.79 Å². The van der Waals surface area contributed by atoms with E-state index in [0.29, 0.717) is 37.0 Å². The van der Waals surface area contributed by atoms with Gasteiger partial charge in [0.1, 0.15) is 11.4 Å². The molecule has 0 saturated carbocycles. The molecule has 0 unspecified atom stereocenters. The number of carbonyl (C=O) groups is 1. The average Bonchev–Trinajstić information content (AvgIpc) is 2.72. The number of rotatable bonds is 9. The lowest BCUT2D eigenvalue weighted by molar-refractivity contribution is 0.0953. The zero-order chi connectivity index (χ0) is 19.8. The first kappa shape index (κ1) is 19.5. The van der Waals surface area contributed by atoms with Gasteiger partial charge in [0.2, 0.25) is 5.95 Å². The maximum absolute atomic E-state index is 12.4. The molecule has 0 radical (unpaired) electrons. The highest BCUT2D eigenvalue weighted by atomic mass is 16.1. The van der Waals surface area contributed by atoms with Gasteiger partial charge in [-0.1, -0.05) is 13.0 Å². The molecule has 0 saturated heterocycles. The zero-order valence-corrected chi connectivity index (χ0v) is 15.9. The Morgan fingerprint density at radius 1 is 1.14 bits per heavy atom. The number of aromatic nitrogens is 3. The predicted octanol–water partition coefficient (Wildman–Crippen LogP) is 2.67. The Hall–Kier alpha value is -3.26. The minimum absolute atomic E-state index is 0.211. The average molecular weight is 379 g/mol. The summed E-state index contributed by atoms with van der Waals surface area (Å²) in [4.78, 5) is 25.4. The van der Waals surface area contributed by atoms with E-state index in [1.54, 1.807) is 6.20 Å². The second kappa shape index (κ2) is 9.61. The van der Waals surface area contributed by atoms with Crippen LogP contribution in [-0.2, 0) is 0 Å².